The van der Waals surface area contributed by atoms with E-state index >= 15 is 0 Å². The zero-order chi connectivity index (χ0) is 27.8. The second kappa shape index (κ2) is 10.9. The van der Waals surface area contributed by atoms with Crippen LogP contribution in [0.4, 0.5) is 0 Å². The molecule has 0 spiro atoms. The predicted octanol–water partition coefficient (Wildman–Crippen LogP) is 3.92. The third kappa shape index (κ3) is 5.25. The summed E-state index contributed by atoms with van der Waals surface area (Å²) in [5.41, 5.74) is 4.50. The summed E-state index contributed by atoms with van der Waals surface area (Å²) in [7, 11) is 0. The first kappa shape index (κ1) is 25.6. The maximum atomic E-state index is 11.5. The Morgan fingerprint density at radius 1 is 1.02 bits per heavy atom. The van der Waals surface area contributed by atoms with E-state index in [4.69, 9.17) is 19.4 Å². The van der Waals surface area contributed by atoms with E-state index in [1.807, 2.05) is 45.6 Å². The molecule has 0 unspecified atom stereocenters. The first-order chi connectivity index (χ1) is 20.1. The summed E-state index contributed by atoms with van der Waals surface area (Å²) < 4.78 is 15.7. The van der Waals surface area contributed by atoms with Gasteiger partial charge in [-0.2, -0.15) is 5.10 Å². The molecule has 2 aliphatic heterocycles. The molecule has 11 heteroatoms. The summed E-state index contributed by atoms with van der Waals surface area (Å²) in [5, 5.41) is 13.7. The van der Waals surface area contributed by atoms with Gasteiger partial charge >= 0.3 is 5.97 Å². The Labute approximate surface area is 236 Å². The Balaban J connectivity index is 1.01. The molecule has 5 aromatic heterocycles. The maximum absolute atomic E-state index is 11.5. The minimum atomic E-state index is -1.04. The lowest BCUT2D eigenvalue weighted by atomic mass is 9.93. The molecular formula is C30H31N7O4. The van der Waals surface area contributed by atoms with Crippen LogP contribution in [0.3, 0.4) is 0 Å². The Hall–Kier alpha value is -4.35. The number of aromatic nitrogens is 6. The highest BCUT2D eigenvalue weighted by Crippen LogP contribution is 2.29. The van der Waals surface area contributed by atoms with Crippen molar-refractivity contribution in [3.05, 3.63) is 83.7 Å². The number of likely N-dealkylation sites (tertiary alicyclic amines) is 1. The van der Waals surface area contributed by atoms with Gasteiger partial charge < -0.3 is 19.1 Å². The smallest absolute Gasteiger partial charge is 0.354 e. The maximum Gasteiger partial charge on any atom is 0.354 e. The minimum Gasteiger partial charge on any atom is -0.477 e. The molecule has 5 aromatic rings. The van der Waals surface area contributed by atoms with Crippen molar-refractivity contribution in [1.82, 2.24) is 34.0 Å². The zero-order valence-electron chi connectivity index (χ0n) is 22.6. The van der Waals surface area contributed by atoms with E-state index in [9.17, 15) is 9.90 Å². The lowest BCUT2D eigenvalue weighted by molar-refractivity contribution is -0.0593. The fourth-order valence-corrected chi connectivity index (χ4v) is 5.72. The van der Waals surface area contributed by atoms with Crippen molar-refractivity contribution in [2.24, 2.45) is 0 Å². The number of hydrogen-bond acceptors (Lipinski definition) is 8. The Morgan fingerprint density at radius 3 is 2.71 bits per heavy atom. The third-order valence-corrected chi connectivity index (χ3v) is 8.09. The molecule has 0 bridgehead atoms. The van der Waals surface area contributed by atoms with Crippen molar-refractivity contribution in [2.75, 3.05) is 19.7 Å². The van der Waals surface area contributed by atoms with E-state index in [1.54, 1.807) is 12.3 Å². The molecule has 1 N–H and O–H groups in total. The second-order valence-electron chi connectivity index (χ2n) is 10.7. The summed E-state index contributed by atoms with van der Waals surface area (Å²) >= 11 is 0. The molecule has 0 aromatic carbocycles. The Morgan fingerprint density at radius 2 is 1.90 bits per heavy atom. The van der Waals surface area contributed by atoms with Crippen LogP contribution in [0, 0.1) is 0 Å². The molecule has 2 saturated heterocycles. The molecule has 0 radical (unpaired) electrons. The van der Waals surface area contributed by atoms with Crippen molar-refractivity contribution in [1.29, 1.82) is 0 Å². The van der Waals surface area contributed by atoms with Gasteiger partial charge in [-0.15, -0.1) is 0 Å². The Kier molecular flexibility index (Phi) is 6.81. The quantitative estimate of drug-likeness (QED) is 0.290. The summed E-state index contributed by atoms with van der Waals surface area (Å²) in [6.07, 6.45) is 6.78. The molecule has 0 aliphatic carbocycles. The molecule has 0 amide bonds. The van der Waals surface area contributed by atoms with Crippen molar-refractivity contribution in [3.8, 4) is 5.88 Å². The van der Waals surface area contributed by atoms with Gasteiger partial charge in [0, 0.05) is 42.2 Å². The molecule has 7 rings (SSSR count). The number of imidazole rings is 1. The third-order valence-electron chi connectivity index (χ3n) is 8.09. The Bertz CT molecular complexity index is 1700. The molecule has 2 aliphatic rings. The number of nitrogens with zero attached hydrogens (tertiary/aromatic N) is 7. The van der Waals surface area contributed by atoms with Crippen LogP contribution in [-0.4, -0.2) is 70.9 Å². The van der Waals surface area contributed by atoms with Gasteiger partial charge in [-0.3, -0.25) is 4.90 Å². The van der Waals surface area contributed by atoms with Crippen LogP contribution in [0.1, 0.15) is 52.8 Å². The van der Waals surface area contributed by atoms with E-state index in [0.29, 0.717) is 42.7 Å². The van der Waals surface area contributed by atoms with Gasteiger partial charge in [0.25, 0.3) is 0 Å². The average Bonchev–Trinajstić information content (AvgIpc) is 3.59. The minimum absolute atomic E-state index is 0.0261. The number of carboxylic acids is 1. The highest BCUT2D eigenvalue weighted by Gasteiger charge is 2.26. The van der Waals surface area contributed by atoms with Gasteiger partial charge in [0.1, 0.15) is 17.9 Å². The van der Waals surface area contributed by atoms with Crippen LogP contribution < -0.4 is 4.74 Å². The molecule has 2 fully saturated rings. The number of ether oxygens (including phenoxy) is 2. The summed E-state index contributed by atoms with van der Waals surface area (Å²) in [4.78, 5) is 28.0. The van der Waals surface area contributed by atoms with Crippen LogP contribution in [0.25, 0.3) is 16.7 Å². The topological polar surface area (TPSA) is 120 Å². The number of hydrogen-bond donors (Lipinski definition) is 1. The van der Waals surface area contributed by atoms with Gasteiger partial charge in [-0.1, -0.05) is 12.1 Å². The zero-order valence-corrected chi connectivity index (χ0v) is 22.6. The molecule has 41 heavy (non-hydrogen) atoms. The van der Waals surface area contributed by atoms with Crippen LogP contribution >= 0.6 is 0 Å². The van der Waals surface area contributed by atoms with E-state index in [0.717, 1.165) is 61.6 Å². The highest BCUT2D eigenvalue weighted by atomic mass is 16.5. The molecule has 210 valence electrons. The van der Waals surface area contributed by atoms with E-state index in [2.05, 4.69) is 21.0 Å². The molecule has 7 heterocycles. The molecule has 0 saturated carbocycles. The van der Waals surface area contributed by atoms with Crippen LogP contribution in [0.2, 0.25) is 0 Å². The fraction of sp³-hybridized carbons (Fsp3) is 0.367. The standard InChI is InChI=1S/C30H31N7O4/c38-30(39)25-7-6-24-29(34-25)36(17-22-11-16-40-22)27(32-24)18-35-14-9-20(10-15-35)23-4-1-5-28(33-23)41-19-21-3-2-13-37-26(21)8-12-31-37/h1-8,12-13,20,22H,9-11,14-19H2,(H,38,39)/t22-/m0/s1. The highest BCUT2D eigenvalue weighted by molar-refractivity contribution is 5.88. The van der Waals surface area contributed by atoms with Gasteiger partial charge in [-0.25, -0.2) is 24.3 Å². The van der Waals surface area contributed by atoms with Gasteiger partial charge in [-0.05, 0) is 62.7 Å². The van der Waals surface area contributed by atoms with Gasteiger partial charge in [0.05, 0.1) is 24.7 Å². The fourth-order valence-electron chi connectivity index (χ4n) is 5.72. The van der Waals surface area contributed by atoms with E-state index in [-0.39, 0.29) is 11.8 Å². The molecular weight excluding hydrogens is 522 g/mol. The first-order valence-corrected chi connectivity index (χ1v) is 14.0. The number of piperidine rings is 1. The number of carbonyl (C=O) groups is 1. The van der Waals surface area contributed by atoms with Crippen LogP contribution in [0.5, 0.6) is 5.88 Å². The summed E-state index contributed by atoms with van der Waals surface area (Å²) in [5.74, 6) is 0.842. The van der Waals surface area contributed by atoms with Crippen molar-refractivity contribution >= 4 is 22.6 Å². The number of carboxylic acid groups (broad SMARTS) is 1. The number of rotatable bonds is 9. The monoisotopic (exact) mass is 553 g/mol. The number of fused-ring (bicyclic) bond motifs is 2. The van der Waals surface area contributed by atoms with Crippen LogP contribution in [0.15, 0.2) is 60.9 Å². The lowest BCUT2D eigenvalue weighted by Gasteiger charge is -2.32. The summed E-state index contributed by atoms with van der Waals surface area (Å²) in [6, 6.07) is 15.3. The second-order valence-corrected chi connectivity index (χ2v) is 10.7. The molecule has 11 nitrogen and oxygen atoms in total. The van der Waals surface area contributed by atoms with E-state index < -0.39 is 5.97 Å². The van der Waals surface area contributed by atoms with Crippen molar-refractivity contribution in [2.45, 2.75) is 51.0 Å². The largest absolute Gasteiger partial charge is 0.477 e. The van der Waals surface area contributed by atoms with Crippen molar-refractivity contribution in [3.63, 3.8) is 0 Å². The summed E-state index contributed by atoms with van der Waals surface area (Å²) in [6.45, 7) is 4.32. The number of pyridine rings is 3. The SMILES string of the molecule is O=C(O)c1ccc2nc(CN3CCC(c4cccc(OCc5cccn6nccc56)n4)CC3)n(C[C@@H]3CCO3)c2n1. The lowest BCUT2D eigenvalue weighted by Crippen LogP contribution is -2.35. The number of aromatic carboxylic acids is 1. The first-order valence-electron chi connectivity index (χ1n) is 14.0. The van der Waals surface area contributed by atoms with Gasteiger partial charge in [0.2, 0.25) is 5.88 Å². The molecule has 1 atom stereocenters. The normalized spacial score (nSPS) is 18.1. The van der Waals surface area contributed by atoms with Crippen LogP contribution in [-0.2, 0) is 24.4 Å². The predicted molar refractivity (Wildman–Crippen MR) is 150 cm³/mol. The van der Waals surface area contributed by atoms with Crippen molar-refractivity contribution < 1.29 is 19.4 Å². The average molecular weight is 554 g/mol. The van der Waals surface area contributed by atoms with Gasteiger partial charge in [0.15, 0.2) is 11.3 Å². The van der Waals surface area contributed by atoms with E-state index in [1.165, 1.54) is 6.07 Å².